The van der Waals surface area contributed by atoms with E-state index in [0.29, 0.717) is 55.3 Å². The molecular weight excluding hydrogens is 457 g/mol. The molecule has 0 radical (unpaired) electrons. The molecule has 1 aromatic heterocycles. The molecule has 0 unspecified atom stereocenters. The van der Waals surface area contributed by atoms with Gasteiger partial charge in [-0.05, 0) is 61.9 Å². The van der Waals surface area contributed by atoms with Crippen LogP contribution in [0.2, 0.25) is 0 Å². The van der Waals surface area contributed by atoms with Gasteiger partial charge in [0.2, 0.25) is 0 Å². The number of furan rings is 1. The van der Waals surface area contributed by atoms with Crippen LogP contribution in [0.4, 0.5) is 13.2 Å². The fourth-order valence-corrected chi connectivity index (χ4v) is 4.78. The van der Waals surface area contributed by atoms with E-state index < -0.39 is 17.5 Å². The average molecular weight is 485 g/mol. The molecule has 3 aromatic rings. The van der Waals surface area contributed by atoms with Gasteiger partial charge in [-0.3, -0.25) is 9.59 Å². The van der Waals surface area contributed by atoms with Crippen molar-refractivity contribution in [2.45, 2.75) is 32.2 Å². The van der Waals surface area contributed by atoms with E-state index in [0.717, 1.165) is 12.1 Å². The van der Waals surface area contributed by atoms with Crippen LogP contribution in [0.5, 0.6) is 0 Å². The monoisotopic (exact) mass is 484 g/mol. The third-order valence-corrected chi connectivity index (χ3v) is 6.83. The highest BCUT2D eigenvalue weighted by Crippen LogP contribution is 2.29. The molecule has 5 nitrogen and oxygen atoms in total. The number of aryl methyl sites for hydroxylation is 1. The number of halogens is 3. The van der Waals surface area contributed by atoms with Crippen LogP contribution >= 0.6 is 0 Å². The number of likely N-dealkylation sites (tertiary alicyclic amines) is 1. The number of rotatable bonds is 6. The van der Waals surface area contributed by atoms with E-state index >= 15 is 0 Å². The zero-order valence-electron chi connectivity index (χ0n) is 19.6. The Balaban J connectivity index is 1.53. The van der Waals surface area contributed by atoms with Gasteiger partial charge in [0.15, 0.2) is 0 Å². The summed E-state index contributed by atoms with van der Waals surface area (Å²) >= 11 is 0. The smallest absolute Gasteiger partial charge is 0.257 e. The van der Waals surface area contributed by atoms with Crippen molar-refractivity contribution in [2.24, 2.45) is 5.92 Å². The summed E-state index contributed by atoms with van der Waals surface area (Å²) in [5, 5.41) is 0. The van der Waals surface area contributed by atoms with Gasteiger partial charge < -0.3 is 14.2 Å². The van der Waals surface area contributed by atoms with Crippen molar-refractivity contribution in [1.29, 1.82) is 0 Å². The lowest BCUT2D eigenvalue weighted by Gasteiger charge is -2.40. The topological polar surface area (TPSA) is 53.8 Å². The predicted octanol–water partition coefficient (Wildman–Crippen LogP) is 5.24. The average Bonchev–Trinajstić information content (AvgIpc) is 3.28. The maximum atomic E-state index is 14.5. The number of likely N-dealkylation sites (N-methyl/N-ethyl adjacent to an activating group) is 1. The maximum Gasteiger partial charge on any atom is 0.257 e. The zero-order chi connectivity index (χ0) is 25.1. The van der Waals surface area contributed by atoms with Crippen LogP contribution in [0, 0.1) is 30.3 Å². The summed E-state index contributed by atoms with van der Waals surface area (Å²) in [7, 11) is 1.70. The van der Waals surface area contributed by atoms with Crippen LogP contribution in [0.3, 0.4) is 0 Å². The molecule has 8 heteroatoms. The second-order valence-electron chi connectivity index (χ2n) is 8.92. The molecule has 0 bridgehead atoms. The lowest BCUT2D eigenvalue weighted by atomic mass is 9.84. The molecule has 184 valence electrons. The summed E-state index contributed by atoms with van der Waals surface area (Å²) in [4.78, 5) is 29.2. The Hall–Kier alpha value is -3.55. The van der Waals surface area contributed by atoms with Gasteiger partial charge in [-0.1, -0.05) is 18.2 Å². The minimum absolute atomic E-state index is 0.0159. The maximum absolute atomic E-state index is 14.5. The largest absolute Gasteiger partial charge is 0.469 e. The third-order valence-electron chi connectivity index (χ3n) is 6.83. The van der Waals surface area contributed by atoms with Gasteiger partial charge in [0.25, 0.3) is 11.8 Å². The number of hydrogen-bond donors (Lipinski definition) is 0. The van der Waals surface area contributed by atoms with E-state index in [1.54, 1.807) is 43.1 Å². The molecule has 2 amide bonds. The molecule has 0 saturated carbocycles. The number of carbonyl (C=O) groups excluding carboxylic acids is 2. The van der Waals surface area contributed by atoms with Crippen LogP contribution in [0.15, 0.2) is 59.2 Å². The minimum atomic E-state index is -0.893. The summed E-state index contributed by atoms with van der Waals surface area (Å²) < 4.78 is 47.2. The Kier molecular flexibility index (Phi) is 7.28. The van der Waals surface area contributed by atoms with E-state index in [-0.39, 0.29) is 29.2 Å². The molecular formula is C27H27F3N2O3. The van der Waals surface area contributed by atoms with E-state index in [2.05, 4.69) is 0 Å². The summed E-state index contributed by atoms with van der Waals surface area (Å²) in [6, 6.07) is 10.7. The first-order valence-corrected chi connectivity index (χ1v) is 11.5. The molecule has 2 heterocycles. The summed E-state index contributed by atoms with van der Waals surface area (Å²) in [6.07, 6.45) is 2.88. The fourth-order valence-electron chi connectivity index (χ4n) is 4.78. The summed E-state index contributed by atoms with van der Waals surface area (Å²) in [5.41, 5.74) is 0.786. The highest BCUT2D eigenvalue weighted by atomic mass is 19.1. The number of hydrogen-bond acceptors (Lipinski definition) is 3. The summed E-state index contributed by atoms with van der Waals surface area (Å²) in [6.45, 7) is 2.41. The molecule has 0 aliphatic carbocycles. The summed E-state index contributed by atoms with van der Waals surface area (Å²) in [5.74, 6) is -2.19. The molecule has 1 fully saturated rings. The third kappa shape index (κ3) is 5.26. The highest BCUT2D eigenvalue weighted by molar-refractivity contribution is 5.95. The molecule has 1 aliphatic rings. The molecule has 35 heavy (non-hydrogen) atoms. The SMILES string of the molecule is Cc1occc1C(=O)N(C)[C@H](Cc1ccccc1F)C1CCN(C(=O)c2ccc(F)cc2F)CC1. The first-order chi connectivity index (χ1) is 16.8. The van der Waals surface area contributed by atoms with Crippen molar-refractivity contribution < 1.29 is 27.2 Å². The predicted molar refractivity (Wildman–Crippen MR) is 124 cm³/mol. The van der Waals surface area contributed by atoms with Crippen molar-refractivity contribution in [1.82, 2.24) is 9.80 Å². The molecule has 1 aliphatic heterocycles. The van der Waals surface area contributed by atoms with Gasteiger partial charge in [0.1, 0.15) is 23.2 Å². The van der Waals surface area contributed by atoms with Crippen LogP contribution < -0.4 is 0 Å². The van der Waals surface area contributed by atoms with Crippen molar-refractivity contribution >= 4 is 11.8 Å². The zero-order valence-corrected chi connectivity index (χ0v) is 19.6. The van der Waals surface area contributed by atoms with Crippen LogP contribution in [0.1, 0.15) is 44.9 Å². The molecule has 1 saturated heterocycles. The lowest BCUT2D eigenvalue weighted by Crippen LogP contribution is -2.48. The second-order valence-corrected chi connectivity index (χ2v) is 8.92. The Morgan fingerprint density at radius 3 is 2.37 bits per heavy atom. The standard InChI is InChI=1S/C27H27F3N2O3/c1-17-21(11-14-35-17)26(33)31(2)25(15-19-5-3-4-6-23(19)29)18-9-12-32(13-10-18)27(34)22-8-7-20(28)16-24(22)30/h3-8,11,14,16,18,25H,9-10,12-13,15H2,1-2H3/t25-/m1/s1. The van der Waals surface area contributed by atoms with Gasteiger partial charge in [0.05, 0.1) is 17.4 Å². The lowest BCUT2D eigenvalue weighted by molar-refractivity contribution is 0.0518. The first kappa shape index (κ1) is 24.6. The molecule has 0 N–H and O–H groups in total. The second kappa shape index (κ2) is 10.4. The number of nitrogens with zero attached hydrogens (tertiary/aromatic N) is 2. The Morgan fingerprint density at radius 1 is 1.03 bits per heavy atom. The molecule has 0 spiro atoms. The van der Waals surface area contributed by atoms with E-state index in [4.69, 9.17) is 4.42 Å². The van der Waals surface area contributed by atoms with Crippen molar-refractivity contribution in [3.63, 3.8) is 0 Å². The van der Waals surface area contributed by atoms with Gasteiger partial charge in [0, 0.05) is 32.2 Å². The molecule has 2 aromatic carbocycles. The van der Waals surface area contributed by atoms with Crippen molar-refractivity contribution in [3.8, 4) is 0 Å². The number of amides is 2. The van der Waals surface area contributed by atoms with Crippen LogP contribution in [0.25, 0.3) is 0 Å². The Morgan fingerprint density at radius 2 is 1.74 bits per heavy atom. The van der Waals surface area contributed by atoms with E-state index in [1.807, 2.05) is 0 Å². The highest BCUT2D eigenvalue weighted by Gasteiger charge is 2.34. The molecule has 4 rings (SSSR count). The van der Waals surface area contributed by atoms with E-state index in [1.165, 1.54) is 17.2 Å². The van der Waals surface area contributed by atoms with Crippen molar-refractivity contribution in [2.75, 3.05) is 20.1 Å². The quantitative estimate of drug-likeness (QED) is 0.481. The number of benzene rings is 2. The van der Waals surface area contributed by atoms with Gasteiger partial charge >= 0.3 is 0 Å². The Bertz CT molecular complexity index is 1220. The normalized spacial score (nSPS) is 15.2. The Labute approximate surface area is 202 Å². The van der Waals surface area contributed by atoms with Gasteiger partial charge in [-0.25, -0.2) is 13.2 Å². The number of carbonyl (C=O) groups is 2. The van der Waals surface area contributed by atoms with Gasteiger partial charge in [-0.2, -0.15) is 0 Å². The van der Waals surface area contributed by atoms with Crippen molar-refractivity contribution in [3.05, 3.63) is 94.7 Å². The van der Waals surface area contributed by atoms with Gasteiger partial charge in [-0.15, -0.1) is 0 Å². The van der Waals surface area contributed by atoms with Crippen LogP contribution in [-0.2, 0) is 6.42 Å². The minimum Gasteiger partial charge on any atom is -0.469 e. The first-order valence-electron chi connectivity index (χ1n) is 11.5. The van der Waals surface area contributed by atoms with E-state index in [9.17, 15) is 22.8 Å². The molecule has 1 atom stereocenters. The number of piperidine rings is 1. The van der Waals surface area contributed by atoms with Crippen LogP contribution in [-0.4, -0.2) is 47.8 Å². The fraction of sp³-hybridized carbons (Fsp3) is 0.333.